The maximum atomic E-state index is 13.8. The molecule has 1 aliphatic rings. The Hall–Kier alpha value is -2.56. The number of nitrogens with two attached hydrogens (primary N) is 1. The van der Waals surface area contributed by atoms with Crippen LogP contribution in [0.15, 0.2) is 48.5 Å². The van der Waals surface area contributed by atoms with Crippen LogP contribution in [0.2, 0.25) is 0 Å². The van der Waals surface area contributed by atoms with Gasteiger partial charge in [-0.3, -0.25) is 4.79 Å². The molecular weight excluding hydrogens is 281 g/mol. The number of benzene rings is 2. The largest absolute Gasteiger partial charge is 0.398 e. The lowest BCUT2D eigenvalue weighted by atomic mass is 10.1. The first-order valence-corrected chi connectivity index (χ1v) is 7.30. The molecular formula is C17H18FN3O. The van der Waals surface area contributed by atoms with Gasteiger partial charge in [-0.05, 0) is 24.3 Å². The summed E-state index contributed by atoms with van der Waals surface area (Å²) in [5.74, 6) is -0.291. The Morgan fingerprint density at radius 1 is 0.955 bits per heavy atom. The van der Waals surface area contributed by atoms with E-state index in [1.165, 1.54) is 6.07 Å². The van der Waals surface area contributed by atoms with Gasteiger partial charge in [0.2, 0.25) is 0 Å². The van der Waals surface area contributed by atoms with E-state index in [2.05, 4.69) is 0 Å². The number of hydrogen-bond acceptors (Lipinski definition) is 3. The summed E-state index contributed by atoms with van der Waals surface area (Å²) < 4.78 is 13.8. The van der Waals surface area contributed by atoms with Crippen molar-refractivity contribution in [1.29, 1.82) is 0 Å². The van der Waals surface area contributed by atoms with Gasteiger partial charge in [-0.2, -0.15) is 0 Å². The third-order valence-corrected chi connectivity index (χ3v) is 3.95. The normalized spacial score (nSPS) is 15.0. The molecule has 2 aromatic rings. The second-order valence-corrected chi connectivity index (χ2v) is 5.32. The second-order valence-electron chi connectivity index (χ2n) is 5.32. The Labute approximate surface area is 128 Å². The molecule has 0 aliphatic carbocycles. The van der Waals surface area contributed by atoms with Crippen molar-refractivity contribution in [2.45, 2.75) is 0 Å². The third kappa shape index (κ3) is 2.74. The second kappa shape index (κ2) is 6.05. The average molecular weight is 299 g/mol. The molecule has 1 saturated heterocycles. The number of nitrogens with zero attached hydrogens (tertiary/aromatic N) is 2. The summed E-state index contributed by atoms with van der Waals surface area (Å²) in [6.45, 7) is 2.34. The molecule has 0 radical (unpaired) electrons. The molecule has 3 rings (SSSR count). The van der Waals surface area contributed by atoms with E-state index in [1.807, 2.05) is 17.0 Å². The number of amides is 1. The number of carbonyl (C=O) groups excluding carboxylic acids is 1. The van der Waals surface area contributed by atoms with Crippen LogP contribution in [0.25, 0.3) is 0 Å². The van der Waals surface area contributed by atoms with Crippen molar-refractivity contribution in [3.63, 3.8) is 0 Å². The standard InChI is InChI=1S/C17H18FN3O/c18-14-6-2-4-8-16(14)20-9-11-21(12-10-20)17(22)13-5-1-3-7-15(13)19/h1-8H,9-12,19H2. The zero-order valence-corrected chi connectivity index (χ0v) is 12.2. The fourth-order valence-corrected chi connectivity index (χ4v) is 2.72. The number of piperazine rings is 1. The average Bonchev–Trinajstić information content (AvgIpc) is 2.55. The summed E-state index contributed by atoms with van der Waals surface area (Å²) in [7, 11) is 0. The van der Waals surface area contributed by atoms with Crippen LogP contribution in [0.5, 0.6) is 0 Å². The smallest absolute Gasteiger partial charge is 0.256 e. The highest BCUT2D eigenvalue weighted by atomic mass is 19.1. The van der Waals surface area contributed by atoms with Gasteiger partial charge in [0.1, 0.15) is 5.82 Å². The van der Waals surface area contributed by atoms with E-state index in [9.17, 15) is 9.18 Å². The Bertz CT molecular complexity index is 681. The zero-order valence-electron chi connectivity index (χ0n) is 12.2. The van der Waals surface area contributed by atoms with Gasteiger partial charge in [0.05, 0.1) is 11.3 Å². The molecule has 2 aromatic carbocycles. The predicted octanol–water partition coefficient (Wildman–Crippen LogP) is 2.37. The van der Waals surface area contributed by atoms with Crippen molar-refractivity contribution in [2.24, 2.45) is 0 Å². The molecule has 2 N–H and O–H groups in total. The van der Waals surface area contributed by atoms with E-state index in [0.717, 1.165) is 0 Å². The summed E-state index contributed by atoms with van der Waals surface area (Å²) in [5, 5.41) is 0. The van der Waals surface area contributed by atoms with E-state index in [0.29, 0.717) is 43.1 Å². The summed E-state index contributed by atoms with van der Waals surface area (Å²) in [6, 6.07) is 13.8. The molecule has 0 bridgehead atoms. The van der Waals surface area contributed by atoms with Crippen LogP contribution >= 0.6 is 0 Å². The number of hydrogen-bond donors (Lipinski definition) is 1. The first-order valence-electron chi connectivity index (χ1n) is 7.30. The van der Waals surface area contributed by atoms with Gasteiger partial charge in [0.15, 0.2) is 0 Å². The van der Waals surface area contributed by atoms with Crippen molar-refractivity contribution in [2.75, 3.05) is 36.8 Å². The number of carbonyl (C=O) groups is 1. The molecule has 1 fully saturated rings. The molecule has 0 spiro atoms. The number of rotatable bonds is 2. The molecule has 0 aromatic heterocycles. The molecule has 5 heteroatoms. The lowest BCUT2D eigenvalue weighted by Crippen LogP contribution is -2.49. The monoisotopic (exact) mass is 299 g/mol. The molecule has 0 saturated carbocycles. The highest BCUT2D eigenvalue weighted by molar-refractivity contribution is 5.99. The Morgan fingerprint density at radius 3 is 2.27 bits per heavy atom. The summed E-state index contributed by atoms with van der Waals surface area (Å²) in [4.78, 5) is 16.2. The van der Waals surface area contributed by atoms with Crippen molar-refractivity contribution < 1.29 is 9.18 Å². The summed E-state index contributed by atoms with van der Waals surface area (Å²) in [6.07, 6.45) is 0. The van der Waals surface area contributed by atoms with Crippen LogP contribution in [-0.2, 0) is 0 Å². The number of anilines is 2. The van der Waals surface area contributed by atoms with Gasteiger partial charge in [0.25, 0.3) is 5.91 Å². The van der Waals surface area contributed by atoms with Crippen molar-refractivity contribution in [3.05, 3.63) is 59.9 Å². The number of para-hydroxylation sites is 2. The number of nitrogen functional groups attached to an aromatic ring is 1. The van der Waals surface area contributed by atoms with Gasteiger partial charge in [0, 0.05) is 31.9 Å². The zero-order chi connectivity index (χ0) is 15.5. The van der Waals surface area contributed by atoms with Crippen LogP contribution in [0.4, 0.5) is 15.8 Å². The molecule has 114 valence electrons. The molecule has 1 heterocycles. The quantitative estimate of drug-likeness (QED) is 0.866. The fraction of sp³-hybridized carbons (Fsp3) is 0.235. The fourth-order valence-electron chi connectivity index (χ4n) is 2.72. The van der Waals surface area contributed by atoms with E-state index in [1.54, 1.807) is 35.2 Å². The highest BCUT2D eigenvalue weighted by Gasteiger charge is 2.24. The lowest BCUT2D eigenvalue weighted by molar-refractivity contribution is 0.0747. The van der Waals surface area contributed by atoms with Crippen LogP contribution in [-0.4, -0.2) is 37.0 Å². The highest BCUT2D eigenvalue weighted by Crippen LogP contribution is 2.21. The van der Waals surface area contributed by atoms with E-state index >= 15 is 0 Å². The Balaban J connectivity index is 1.68. The van der Waals surface area contributed by atoms with Crippen LogP contribution < -0.4 is 10.6 Å². The van der Waals surface area contributed by atoms with Crippen molar-refractivity contribution in [1.82, 2.24) is 4.90 Å². The maximum absolute atomic E-state index is 13.8. The van der Waals surface area contributed by atoms with Crippen LogP contribution in [0, 0.1) is 5.82 Å². The van der Waals surface area contributed by atoms with Crippen molar-refractivity contribution in [3.8, 4) is 0 Å². The van der Waals surface area contributed by atoms with Gasteiger partial charge in [-0.1, -0.05) is 24.3 Å². The van der Waals surface area contributed by atoms with Gasteiger partial charge in [-0.25, -0.2) is 4.39 Å². The van der Waals surface area contributed by atoms with E-state index in [-0.39, 0.29) is 11.7 Å². The van der Waals surface area contributed by atoms with E-state index in [4.69, 9.17) is 5.73 Å². The molecule has 1 amide bonds. The minimum atomic E-state index is -0.227. The molecule has 0 unspecified atom stereocenters. The van der Waals surface area contributed by atoms with Crippen LogP contribution in [0.3, 0.4) is 0 Å². The predicted molar refractivity (Wildman–Crippen MR) is 85.4 cm³/mol. The number of halogens is 1. The first kappa shape index (κ1) is 14.4. The maximum Gasteiger partial charge on any atom is 0.256 e. The molecule has 22 heavy (non-hydrogen) atoms. The molecule has 4 nitrogen and oxygen atoms in total. The summed E-state index contributed by atoms with van der Waals surface area (Å²) >= 11 is 0. The lowest BCUT2D eigenvalue weighted by Gasteiger charge is -2.36. The summed E-state index contributed by atoms with van der Waals surface area (Å²) in [5.41, 5.74) is 7.47. The SMILES string of the molecule is Nc1ccccc1C(=O)N1CCN(c2ccccc2F)CC1. The molecule has 1 aliphatic heterocycles. The minimum Gasteiger partial charge on any atom is -0.398 e. The Kier molecular flexibility index (Phi) is 3.96. The van der Waals surface area contributed by atoms with E-state index < -0.39 is 0 Å². The Morgan fingerprint density at radius 2 is 1.59 bits per heavy atom. The molecule has 0 atom stereocenters. The van der Waals surface area contributed by atoms with Gasteiger partial charge >= 0.3 is 0 Å². The first-order chi connectivity index (χ1) is 10.7. The van der Waals surface area contributed by atoms with Crippen LogP contribution in [0.1, 0.15) is 10.4 Å². The van der Waals surface area contributed by atoms with Crippen molar-refractivity contribution >= 4 is 17.3 Å². The van der Waals surface area contributed by atoms with Gasteiger partial charge < -0.3 is 15.5 Å². The van der Waals surface area contributed by atoms with Gasteiger partial charge in [-0.15, -0.1) is 0 Å². The topological polar surface area (TPSA) is 49.6 Å². The third-order valence-electron chi connectivity index (χ3n) is 3.95. The minimum absolute atomic E-state index is 0.0636.